The molecule has 5 heteroatoms. The Balaban J connectivity index is 2.64. The summed E-state index contributed by atoms with van der Waals surface area (Å²) in [4.78, 5) is 12.0. The van der Waals surface area contributed by atoms with Crippen molar-refractivity contribution in [3.05, 3.63) is 55.9 Å². The molecule has 0 atom stereocenters. The molecule has 0 spiro atoms. The van der Waals surface area contributed by atoms with E-state index in [1.54, 1.807) is 6.07 Å². The van der Waals surface area contributed by atoms with Crippen LogP contribution in [0.15, 0.2) is 33.5 Å². The highest BCUT2D eigenvalue weighted by atomic mass is 79.9. The second kappa shape index (κ2) is 5.04. The molecule has 0 unspecified atom stereocenters. The molecule has 0 aliphatic rings. The zero-order chi connectivity index (χ0) is 13.3. The number of hydrogen-bond donors (Lipinski definition) is 1. The lowest BCUT2D eigenvalue weighted by Gasteiger charge is -2.10. The van der Waals surface area contributed by atoms with Crippen molar-refractivity contribution in [1.29, 1.82) is 0 Å². The molecular weight excluding hydrogens is 294 g/mol. The van der Waals surface area contributed by atoms with Gasteiger partial charge in [0.1, 0.15) is 0 Å². The van der Waals surface area contributed by atoms with E-state index >= 15 is 0 Å². The van der Waals surface area contributed by atoms with Crippen molar-refractivity contribution >= 4 is 15.9 Å². The van der Waals surface area contributed by atoms with Crippen molar-refractivity contribution in [3.8, 4) is 5.69 Å². The fourth-order valence-electron chi connectivity index (χ4n) is 1.81. The molecule has 1 heterocycles. The van der Waals surface area contributed by atoms with Gasteiger partial charge in [-0.05, 0) is 43.2 Å². The fraction of sp³-hybridized carbons (Fsp3) is 0.231. The highest BCUT2D eigenvalue weighted by Gasteiger charge is 2.08. The number of nitrogens with two attached hydrogens (primary N) is 1. The van der Waals surface area contributed by atoms with E-state index in [9.17, 15) is 4.79 Å². The van der Waals surface area contributed by atoms with E-state index in [1.165, 1.54) is 4.68 Å². The molecule has 2 N–H and O–H groups in total. The van der Waals surface area contributed by atoms with Crippen LogP contribution >= 0.6 is 15.9 Å². The molecule has 0 fully saturated rings. The average Bonchev–Trinajstić information content (AvgIpc) is 2.32. The third kappa shape index (κ3) is 2.37. The van der Waals surface area contributed by atoms with Gasteiger partial charge in [-0.2, -0.15) is 9.78 Å². The number of hydrogen-bond acceptors (Lipinski definition) is 3. The van der Waals surface area contributed by atoms with Gasteiger partial charge in [0.2, 0.25) is 0 Å². The largest absolute Gasteiger partial charge is 0.326 e. The summed E-state index contributed by atoms with van der Waals surface area (Å²) < 4.78 is 2.39. The van der Waals surface area contributed by atoms with Crippen LogP contribution in [0.1, 0.15) is 16.8 Å². The maximum Gasteiger partial charge on any atom is 0.271 e. The van der Waals surface area contributed by atoms with Crippen LogP contribution in [0.25, 0.3) is 5.69 Å². The van der Waals surface area contributed by atoms with Crippen molar-refractivity contribution in [3.63, 3.8) is 0 Å². The molecule has 2 aromatic rings. The molecule has 0 amide bonds. The van der Waals surface area contributed by atoms with Gasteiger partial charge < -0.3 is 5.73 Å². The summed E-state index contributed by atoms with van der Waals surface area (Å²) >= 11 is 3.40. The predicted octanol–water partition coefficient (Wildman–Crippen LogP) is 2.07. The first-order valence-electron chi connectivity index (χ1n) is 5.59. The zero-order valence-electron chi connectivity index (χ0n) is 10.3. The molecule has 0 radical (unpaired) electrons. The molecule has 0 aliphatic carbocycles. The van der Waals surface area contributed by atoms with Gasteiger partial charge in [0.15, 0.2) is 0 Å². The van der Waals surface area contributed by atoms with Crippen molar-refractivity contribution in [2.45, 2.75) is 20.4 Å². The SMILES string of the molecule is Cc1cc(Br)ccc1-n1nc(C)c(CN)cc1=O. The van der Waals surface area contributed by atoms with Gasteiger partial charge in [-0.25, -0.2) is 0 Å². The summed E-state index contributed by atoms with van der Waals surface area (Å²) in [6.45, 7) is 4.13. The van der Waals surface area contributed by atoms with Gasteiger partial charge in [-0.1, -0.05) is 15.9 Å². The molecule has 0 bridgehead atoms. The van der Waals surface area contributed by atoms with Crippen LogP contribution in [0, 0.1) is 13.8 Å². The van der Waals surface area contributed by atoms with Crippen molar-refractivity contribution in [2.24, 2.45) is 5.73 Å². The summed E-state index contributed by atoms with van der Waals surface area (Å²) in [7, 11) is 0. The Labute approximate surface area is 114 Å². The quantitative estimate of drug-likeness (QED) is 0.924. The Morgan fingerprint density at radius 2 is 2.06 bits per heavy atom. The van der Waals surface area contributed by atoms with Gasteiger partial charge in [0.05, 0.1) is 11.4 Å². The Morgan fingerprint density at radius 3 is 2.67 bits per heavy atom. The number of aromatic nitrogens is 2. The molecule has 1 aromatic heterocycles. The van der Waals surface area contributed by atoms with Crippen molar-refractivity contribution in [2.75, 3.05) is 0 Å². The normalized spacial score (nSPS) is 10.7. The van der Waals surface area contributed by atoms with Gasteiger partial charge >= 0.3 is 0 Å². The lowest BCUT2D eigenvalue weighted by Crippen LogP contribution is -2.24. The van der Waals surface area contributed by atoms with Crippen LogP contribution in [0.4, 0.5) is 0 Å². The first-order chi connectivity index (χ1) is 8.52. The molecule has 4 nitrogen and oxygen atoms in total. The highest BCUT2D eigenvalue weighted by molar-refractivity contribution is 9.10. The molecule has 0 saturated carbocycles. The molecule has 1 aromatic carbocycles. The minimum absolute atomic E-state index is 0.161. The predicted molar refractivity (Wildman–Crippen MR) is 74.9 cm³/mol. The first-order valence-corrected chi connectivity index (χ1v) is 6.38. The van der Waals surface area contributed by atoms with Gasteiger partial charge in [0, 0.05) is 17.1 Å². The monoisotopic (exact) mass is 307 g/mol. The average molecular weight is 308 g/mol. The van der Waals surface area contributed by atoms with E-state index in [0.29, 0.717) is 6.54 Å². The molecule has 18 heavy (non-hydrogen) atoms. The minimum Gasteiger partial charge on any atom is -0.326 e. The van der Waals surface area contributed by atoms with Crippen LogP contribution in [0.3, 0.4) is 0 Å². The van der Waals surface area contributed by atoms with Gasteiger partial charge in [-0.3, -0.25) is 4.79 Å². The summed E-state index contributed by atoms with van der Waals surface area (Å²) in [5.41, 5.74) is 8.74. The smallest absolute Gasteiger partial charge is 0.271 e. The molecular formula is C13H14BrN3O. The molecule has 2 rings (SSSR count). The Kier molecular flexibility index (Phi) is 3.63. The number of rotatable bonds is 2. The standard InChI is InChI=1S/C13H14BrN3O/c1-8-5-11(14)3-4-12(8)17-13(18)6-10(7-15)9(2)16-17/h3-6H,7,15H2,1-2H3. The summed E-state index contributed by atoms with van der Waals surface area (Å²) in [5.74, 6) is 0. The summed E-state index contributed by atoms with van der Waals surface area (Å²) in [6, 6.07) is 7.26. The lowest BCUT2D eigenvalue weighted by atomic mass is 10.2. The van der Waals surface area contributed by atoms with E-state index in [1.807, 2.05) is 32.0 Å². The van der Waals surface area contributed by atoms with Crippen LogP contribution in [-0.2, 0) is 6.54 Å². The topological polar surface area (TPSA) is 60.9 Å². The third-order valence-corrected chi connectivity index (χ3v) is 3.32. The lowest BCUT2D eigenvalue weighted by molar-refractivity contribution is 0.763. The molecule has 0 aliphatic heterocycles. The van der Waals surface area contributed by atoms with E-state index in [4.69, 9.17) is 5.73 Å². The number of halogens is 1. The second-order valence-corrected chi connectivity index (χ2v) is 5.06. The fourth-order valence-corrected chi connectivity index (χ4v) is 2.29. The third-order valence-electron chi connectivity index (χ3n) is 2.83. The zero-order valence-corrected chi connectivity index (χ0v) is 11.9. The van der Waals surface area contributed by atoms with Crippen molar-refractivity contribution in [1.82, 2.24) is 9.78 Å². The first kappa shape index (κ1) is 13.0. The van der Waals surface area contributed by atoms with E-state index in [0.717, 1.165) is 27.0 Å². The van der Waals surface area contributed by atoms with Crippen molar-refractivity contribution < 1.29 is 0 Å². The van der Waals surface area contributed by atoms with E-state index in [-0.39, 0.29) is 5.56 Å². The van der Waals surface area contributed by atoms with Gasteiger partial charge in [0.25, 0.3) is 5.56 Å². The summed E-state index contributed by atoms with van der Waals surface area (Å²) in [6.07, 6.45) is 0. The van der Waals surface area contributed by atoms with Gasteiger partial charge in [-0.15, -0.1) is 0 Å². The maximum absolute atomic E-state index is 12.0. The Bertz CT molecular complexity index is 649. The molecule has 94 valence electrons. The summed E-state index contributed by atoms with van der Waals surface area (Å²) in [5, 5.41) is 4.31. The van der Waals surface area contributed by atoms with E-state index in [2.05, 4.69) is 21.0 Å². The number of benzene rings is 1. The second-order valence-electron chi connectivity index (χ2n) is 4.14. The highest BCUT2D eigenvalue weighted by Crippen LogP contribution is 2.18. The van der Waals surface area contributed by atoms with Crippen LogP contribution in [0.5, 0.6) is 0 Å². The van der Waals surface area contributed by atoms with Crippen LogP contribution < -0.4 is 11.3 Å². The molecule has 0 saturated heterocycles. The van der Waals surface area contributed by atoms with Crippen LogP contribution in [0.2, 0.25) is 0 Å². The minimum atomic E-state index is -0.161. The number of aryl methyl sites for hydroxylation is 2. The number of nitrogens with zero attached hydrogens (tertiary/aromatic N) is 2. The Hall–Kier alpha value is -1.46. The maximum atomic E-state index is 12.0. The van der Waals surface area contributed by atoms with E-state index < -0.39 is 0 Å². The Morgan fingerprint density at radius 1 is 1.33 bits per heavy atom. The van der Waals surface area contributed by atoms with Crippen LogP contribution in [-0.4, -0.2) is 9.78 Å².